The molecule has 158 valence electrons. The van der Waals surface area contributed by atoms with Gasteiger partial charge in [-0.05, 0) is 68.3 Å². The number of anilines is 3. The summed E-state index contributed by atoms with van der Waals surface area (Å²) in [6.45, 7) is 5.06. The predicted octanol–water partition coefficient (Wildman–Crippen LogP) is 2.85. The van der Waals surface area contributed by atoms with Crippen molar-refractivity contribution in [2.75, 3.05) is 41.8 Å². The normalized spacial score (nSPS) is 17.2. The summed E-state index contributed by atoms with van der Waals surface area (Å²) in [6.07, 6.45) is 2.13. The predicted molar refractivity (Wildman–Crippen MR) is 118 cm³/mol. The molecule has 0 aromatic heterocycles. The zero-order valence-electron chi connectivity index (χ0n) is 17.2. The number of nitrogens with one attached hydrogen (secondary N) is 3. The van der Waals surface area contributed by atoms with Gasteiger partial charge < -0.3 is 25.6 Å². The Morgan fingerprint density at radius 3 is 2.23 bits per heavy atom. The summed E-state index contributed by atoms with van der Waals surface area (Å²) in [7, 11) is 0. The standard InChI is InChI=1S/C23H28N4O3/c1-16(24-18-4-2-17(3-5-18)23(29)26-19-6-7-19)22(28)25-20-8-10-21(11-9-20)27-12-14-30-15-13-27/h2-5,8-11,16,19,24H,6-7,12-15H2,1H3,(H,25,28)(H,26,29). The van der Waals surface area contributed by atoms with Crippen molar-refractivity contribution in [1.29, 1.82) is 0 Å². The summed E-state index contributed by atoms with van der Waals surface area (Å²) < 4.78 is 5.38. The Morgan fingerprint density at radius 1 is 0.967 bits per heavy atom. The van der Waals surface area contributed by atoms with Gasteiger partial charge in [0.15, 0.2) is 0 Å². The molecule has 1 aliphatic carbocycles. The molecule has 1 saturated carbocycles. The second-order valence-electron chi connectivity index (χ2n) is 7.83. The van der Waals surface area contributed by atoms with Crippen molar-refractivity contribution in [1.82, 2.24) is 5.32 Å². The maximum atomic E-state index is 12.5. The van der Waals surface area contributed by atoms with Crippen LogP contribution in [0.15, 0.2) is 48.5 Å². The minimum absolute atomic E-state index is 0.0460. The van der Waals surface area contributed by atoms with Gasteiger partial charge in [0.05, 0.1) is 13.2 Å². The highest BCUT2D eigenvalue weighted by atomic mass is 16.5. The zero-order valence-corrected chi connectivity index (χ0v) is 17.2. The van der Waals surface area contributed by atoms with E-state index in [9.17, 15) is 9.59 Å². The molecule has 1 heterocycles. The van der Waals surface area contributed by atoms with Gasteiger partial charge in [-0.1, -0.05) is 0 Å². The average Bonchev–Trinajstić information content (AvgIpc) is 3.59. The van der Waals surface area contributed by atoms with Crippen molar-refractivity contribution in [3.05, 3.63) is 54.1 Å². The lowest BCUT2D eigenvalue weighted by Crippen LogP contribution is -2.36. The van der Waals surface area contributed by atoms with Gasteiger partial charge >= 0.3 is 0 Å². The summed E-state index contributed by atoms with van der Waals surface area (Å²) >= 11 is 0. The van der Waals surface area contributed by atoms with Gasteiger partial charge in [0.2, 0.25) is 5.91 Å². The van der Waals surface area contributed by atoms with E-state index in [2.05, 4.69) is 20.9 Å². The molecule has 1 saturated heterocycles. The Hall–Kier alpha value is -3.06. The highest BCUT2D eigenvalue weighted by Gasteiger charge is 2.23. The van der Waals surface area contributed by atoms with E-state index in [1.807, 2.05) is 43.3 Å². The largest absolute Gasteiger partial charge is 0.378 e. The third-order valence-corrected chi connectivity index (χ3v) is 5.35. The number of hydrogen-bond acceptors (Lipinski definition) is 5. The fraction of sp³-hybridized carbons (Fsp3) is 0.391. The lowest BCUT2D eigenvalue weighted by Gasteiger charge is -2.29. The van der Waals surface area contributed by atoms with Crippen LogP contribution in [0.4, 0.5) is 17.1 Å². The molecular formula is C23H28N4O3. The number of amides is 2. The Labute approximate surface area is 176 Å². The molecule has 30 heavy (non-hydrogen) atoms. The SMILES string of the molecule is CC(Nc1ccc(C(=O)NC2CC2)cc1)C(=O)Nc1ccc(N2CCOCC2)cc1. The van der Waals surface area contributed by atoms with Gasteiger partial charge in [-0.2, -0.15) is 0 Å². The monoisotopic (exact) mass is 408 g/mol. The molecule has 3 N–H and O–H groups in total. The molecule has 1 unspecified atom stereocenters. The third-order valence-electron chi connectivity index (χ3n) is 5.35. The second kappa shape index (κ2) is 9.17. The lowest BCUT2D eigenvalue weighted by molar-refractivity contribution is -0.116. The van der Waals surface area contributed by atoms with E-state index in [4.69, 9.17) is 4.74 Å². The first kappa shape index (κ1) is 20.2. The van der Waals surface area contributed by atoms with Crippen LogP contribution in [0.5, 0.6) is 0 Å². The second-order valence-corrected chi connectivity index (χ2v) is 7.83. The maximum absolute atomic E-state index is 12.5. The Balaban J connectivity index is 1.28. The van der Waals surface area contributed by atoms with Crippen LogP contribution >= 0.6 is 0 Å². The fourth-order valence-corrected chi connectivity index (χ4v) is 3.36. The number of rotatable bonds is 7. The van der Waals surface area contributed by atoms with Crippen LogP contribution < -0.4 is 20.9 Å². The van der Waals surface area contributed by atoms with Gasteiger partial charge in [-0.25, -0.2) is 0 Å². The number of carbonyl (C=O) groups is 2. The number of carbonyl (C=O) groups excluding carboxylic acids is 2. The van der Waals surface area contributed by atoms with Crippen molar-refractivity contribution < 1.29 is 14.3 Å². The average molecular weight is 409 g/mol. The van der Waals surface area contributed by atoms with Crippen molar-refractivity contribution >= 4 is 28.9 Å². The number of nitrogens with zero attached hydrogens (tertiary/aromatic N) is 1. The smallest absolute Gasteiger partial charge is 0.251 e. The van der Waals surface area contributed by atoms with Crippen LogP contribution in [0.25, 0.3) is 0 Å². The highest BCUT2D eigenvalue weighted by Crippen LogP contribution is 2.21. The summed E-state index contributed by atoms with van der Waals surface area (Å²) in [5, 5.41) is 9.09. The van der Waals surface area contributed by atoms with Gasteiger partial charge in [0, 0.05) is 41.8 Å². The van der Waals surface area contributed by atoms with E-state index >= 15 is 0 Å². The molecule has 1 aliphatic heterocycles. The van der Waals surface area contributed by atoms with E-state index in [1.54, 1.807) is 12.1 Å². The van der Waals surface area contributed by atoms with Crippen LogP contribution in [-0.4, -0.2) is 50.2 Å². The van der Waals surface area contributed by atoms with E-state index in [1.165, 1.54) is 0 Å². The van der Waals surface area contributed by atoms with Crippen molar-refractivity contribution in [3.8, 4) is 0 Å². The summed E-state index contributed by atoms with van der Waals surface area (Å²) in [6, 6.07) is 15.0. The molecular weight excluding hydrogens is 380 g/mol. The highest BCUT2D eigenvalue weighted by molar-refractivity contribution is 5.97. The molecule has 4 rings (SSSR count). The zero-order chi connectivity index (χ0) is 20.9. The van der Waals surface area contributed by atoms with Crippen LogP contribution in [-0.2, 0) is 9.53 Å². The van der Waals surface area contributed by atoms with Crippen LogP contribution in [0.2, 0.25) is 0 Å². The summed E-state index contributed by atoms with van der Waals surface area (Å²) in [4.78, 5) is 26.9. The first-order valence-corrected chi connectivity index (χ1v) is 10.5. The van der Waals surface area contributed by atoms with Gasteiger partial charge in [0.1, 0.15) is 6.04 Å². The topological polar surface area (TPSA) is 82.7 Å². The van der Waals surface area contributed by atoms with Gasteiger partial charge in [0.25, 0.3) is 5.91 Å². The van der Waals surface area contributed by atoms with Crippen molar-refractivity contribution in [2.24, 2.45) is 0 Å². The summed E-state index contributed by atoms with van der Waals surface area (Å²) in [5.41, 5.74) is 3.32. The Kier molecular flexibility index (Phi) is 6.18. The Morgan fingerprint density at radius 2 is 1.60 bits per heavy atom. The maximum Gasteiger partial charge on any atom is 0.251 e. The molecule has 7 heteroatoms. The van der Waals surface area contributed by atoms with Crippen LogP contribution in [0, 0.1) is 0 Å². The molecule has 2 amide bonds. The van der Waals surface area contributed by atoms with Crippen LogP contribution in [0.3, 0.4) is 0 Å². The van der Waals surface area contributed by atoms with E-state index in [0.717, 1.165) is 56.2 Å². The minimum Gasteiger partial charge on any atom is -0.378 e. The lowest BCUT2D eigenvalue weighted by atomic mass is 10.1. The first-order valence-electron chi connectivity index (χ1n) is 10.5. The fourth-order valence-electron chi connectivity index (χ4n) is 3.36. The van der Waals surface area contributed by atoms with Gasteiger partial charge in [-0.3, -0.25) is 9.59 Å². The van der Waals surface area contributed by atoms with E-state index in [0.29, 0.717) is 11.6 Å². The summed E-state index contributed by atoms with van der Waals surface area (Å²) in [5.74, 6) is -0.167. The molecule has 0 bridgehead atoms. The van der Waals surface area contributed by atoms with E-state index in [-0.39, 0.29) is 11.8 Å². The molecule has 7 nitrogen and oxygen atoms in total. The molecule has 2 aromatic carbocycles. The number of morpholine rings is 1. The van der Waals surface area contributed by atoms with E-state index < -0.39 is 6.04 Å². The van der Waals surface area contributed by atoms with Crippen LogP contribution in [0.1, 0.15) is 30.1 Å². The molecule has 2 aliphatic rings. The molecule has 0 spiro atoms. The first-order chi connectivity index (χ1) is 14.6. The third kappa shape index (κ3) is 5.30. The molecule has 0 radical (unpaired) electrons. The van der Waals surface area contributed by atoms with Crippen molar-refractivity contribution in [2.45, 2.75) is 31.8 Å². The van der Waals surface area contributed by atoms with Crippen molar-refractivity contribution in [3.63, 3.8) is 0 Å². The number of hydrogen-bond donors (Lipinski definition) is 3. The molecule has 2 aromatic rings. The Bertz CT molecular complexity index is 872. The molecule has 2 fully saturated rings. The number of benzene rings is 2. The number of ether oxygens (including phenoxy) is 1. The quantitative estimate of drug-likeness (QED) is 0.656. The minimum atomic E-state index is -0.421. The van der Waals surface area contributed by atoms with Gasteiger partial charge in [-0.15, -0.1) is 0 Å². The molecule has 1 atom stereocenters.